The van der Waals surface area contributed by atoms with Crippen LogP contribution in [-0.2, 0) is 26.7 Å². The van der Waals surface area contributed by atoms with Gasteiger partial charge < -0.3 is 14.7 Å². The monoisotopic (exact) mass is 726 g/mol. The molecule has 10 nitrogen and oxygen atoms in total. The molecule has 0 spiro atoms. The van der Waals surface area contributed by atoms with Crippen LogP contribution in [0, 0.1) is 11.8 Å². The molecule has 50 heavy (non-hydrogen) atoms. The number of hydrogen-bond donors (Lipinski definition) is 0. The highest BCUT2D eigenvalue weighted by molar-refractivity contribution is 7.89. The van der Waals surface area contributed by atoms with Crippen molar-refractivity contribution >= 4 is 31.6 Å². The summed E-state index contributed by atoms with van der Waals surface area (Å²) < 4.78 is 61.9. The summed E-state index contributed by atoms with van der Waals surface area (Å²) in [6.07, 6.45) is 11.0. The maximum atomic E-state index is 14.4. The van der Waals surface area contributed by atoms with Gasteiger partial charge in [-0.1, -0.05) is 56.5 Å². The van der Waals surface area contributed by atoms with Crippen LogP contribution in [0.1, 0.15) is 63.0 Å². The van der Waals surface area contributed by atoms with Crippen LogP contribution in [0.3, 0.4) is 0 Å². The van der Waals surface area contributed by atoms with E-state index in [9.17, 15) is 16.8 Å². The predicted octanol–water partition coefficient (Wildman–Crippen LogP) is 4.82. The Kier molecular flexibility index (Phi) is 12.3. The van der Waals surface area contributed by atoms with E-state index in [2.05, 4.69) is 40.1 Å². The normalized spacial score (nSPS) is 23.5. The van der Waals surface area contributed by atoms with Crippen molar-refractivity contribution in [3.05, 3.63) is 65.7 Å². The number of rotatable bonds is 8. The fourth-order valence-electron chi connectivity index (χ4n) is 8.29. The molecule has 2 aromatic carbocycles. The summed E-state index contributed by atoms with van der Waals surface area (Å²) in [5, 5.41) is 0. The lowest BCUT2D eigenvalue weighted by Gasteiger charge is -2.39. The van der Waals surface area contributed by atoms with Crippen LogP contribution in [0.4, 0.5) is 5.69 Å². The van der Waals surface area contributed by atoms with Crippen LogP contribution in [0.15, 0.2) is 59.5 Å². The minimum Gasteiger partial charge on any atom is -0.378 e. The van der Waals surface area contributed by atoms with E-state index in [0.717, 1.165) is 44.6 Å². The lowest BCUT2D eigenvalue weighted by atomic mass is 9.89. The third-order valence-corrected chi connectivity index (χ3v) is 14.9. The Morgan fingerprint density at radius 3 is 2.02 bits per heavy atom. The van der Waals surface area contributed by atoms with E-state index in [4.69, 9.17) is 0 Å². The van der Waals surface area contributed by atoms with Gasteiger partial charge in [-0.25, -0.2) is 8.42 Å². The summed E-state index contributed by atoms with van der Waals surface area (Å²) in [7, 11) is -3.65. The third-order valence-electron chi connectivity index (χ3n) is 11.1. The Morgan fingerprint density at radius 2 is 1.34 bits per heavy atom. The van der Waals surface area contributed by atoms with Gasteiger partial charge >= 0.3 is 0 Å². The first-order chi connectivity index (χ1) is 24.0. The molecule has 4 aliphatic rings. The molecule has 12 heteroatoms. The summed E-state index contributed by atoms with van der Waals surface area (Å²) in [6, 6.07) is 15.5. The van der Waals surface area contributed by atoms with Gasteiger partial charge in [-0.2, -0.15) is 21.3 Å². The van der Waals surface area contributed by atoms with Crippen molar-refractivity contribution in [3.8, 4) is 0 Å². The molecule has 1 saturated carbocycles. The number of piperazine rings is 1. The van der Waals surface area contributed by atoms with E-state index < -0.39 is 20.2 Å². The summed E-state index contributed by atoms with van der Waals surface area (Å²) in [6.45, 7) is 8.19. The SMILES string of the molecule is C[C@H]1CN(S(=O)(=O)c2ccc(N(C)C)cc2)CCCN(CC2CCCCC2)CCCN(S(=O)(=O)N2CCN(C3=CCc4ccccc43)CC2)C1. The third kappa shape index (κ3) is 8.75. The summed E-state index contributed by atoms with van der Waals surface area (Å²) in [5.74, 6) is 0.476. The zero-order valence-corrected chi connectivity index (χ0v) is 32.1. The number of hydrogen-bond acceptors (Lipinski definition) is 7. The molecule has 276 valence electrons. The lowest BCUT2D eigenvalue weighted by Crippen LogP contribution is -2.54. The van der Waals surface area contributed by atoms with Crippen molar-refractivity contribution in [1.82, 2.24) is 22.7 Å². The Hall–Kier alpha value is -2.48. The van der Waals surface area contributed by atoms with Crippen molar-refractivity contribution < 1.29 is 16.8 Å². The van der Waals surface area contributed by atoms with E-state index >= 15 is 0 Å². The summed E-state index contributed by atoms with van der Waals surface area (Å²) >= 11 is 0. The van der Waals surface area contributed by atoms with Crippen LogP contribution in [-0.4, -0.2) is 126 Å². The maximum absolute atomic E-state index is 14.4. The van der Waals surface area contributed by atoms with Gasteiger partial charge in [0.1, 0.15) is 0 Å². The largest absolute Gasteiger partial charge is 0.378 e. The minimum absolute atomic E-state index is 0.181. The zero-order valence-electron chi connectivity index (χ0n) is 30.4. The van der Waals surface area contributed by atoms with Crippen molar-refractivity contribution in [3.63, 3.8) is 0 Å². The lowest BCUT2D eigenvalue weighted by molar-refractivity contribution is 0.177. The number of nitrogens with zero attached hydrogens (tertiary/aromatic N) is 6. The molecule has 2 aliphatic carbocycles. The average Bonchev–Trinajstić information content (AvgIpc) is 3.55. The average molecular weight is 727 g/mol. The fraction of sp³-hybridized carbons (Fsp3) is 0.632. The number of allylic oxidation sites excluding steroid dienone is 1. The van der Waals surface area contributed by atoms with E-state index in [1.165, 1.54) is 48.9 Å². The Morgan fingerprint density at radius 1 is 0.700 bits per heavy atom. The topological polar surface area (TPSA) is 87.7 Å². The highest BCUT2D eigenvalue weighted by atomic mass is 32.2. The predicted molar refractivity (Wildman–Crippen MR) is 203 cm³/mol. The van der Waals surface area contributed by atoms with Gasteiger partial charge in [0.05, 0.1) is 4.90 Å². The molecule has 2 aliphatic heterocycles. The zero-order chi connectivity index (χ0) is 35.3. The Bertz CT molecular complexity index is 1670. The van der Waals surface area contributed by atoms with Gasteiger partial charge in [0.15, 0.2) is 0 Å². The molecular weight excluding hydrogens is 669 g/mol. The smallest absolute Gasteiger partial charge is 0.282 e. The first-order valence-corrected chi connectivity index (χ1v) is 21.6. The standard InChI is InChI=1S/C38H58N6O4S2/c1-32-29-43(49(45,46)36-18-16-35(17-19-36)39(2)3)23-9-21-40(31-33-11-5-4-6-12-33)22-10-24-44(30-32)50(47,48)42-27-25-41(26-28-42)38-20-15-34-13-7-8-14-37(34)38/h7-8,13-14,16-20,32-33H,4-6,9-12,15,21-31H2,1-3H3/t32-/m0/s1. The minimum atomic E-state index is -3.77. The highest BCUT2D eigenvalue weighted by Crippen LogP contribution is 2.31. The number of sulfonamides is 1. The van der Waals surface area contributed by atoms with Gasteiger partial charge in [0, 0.05) is 89.9 Å². The van der Waals surface area contributed by atoms with Gasteiger partial charge in [-0.05, 0) is 86.9 Å². The van der Waals surface area contributed by atoms with Crippen LogP contribution in [0.25, 0.3) is 5.70 Å². The van der Waals surface area contributed by atoms with Crippen LogP contribution in [0.5, 0.6) is 0 Å². The van der Waals surface area contributed by atoms with Gasteiger partial charge in [-0.15, -0.1) is 0 Å². The van der Waals surface area contributed by atoms with E-state index in [1.54, 1.807) is 25.0 Å². The second kappa shape index (κ2) is 16.5. The van der Waals surface area contributed by atoms with Crippen molar-refractivity contribution in [1.29, 1.82) is 0 Å². The van der Waals surface area contributed by atoms with Crippen molar-refractivity contribution in [2.45, 2.75) is 63.2 Å². The number of anilines is 1. The summed E-state index contributed by atoms with van der Waals surface area (Å²) in [4.78, 5) is 7.04. The molecule has 2 heterocycles. The molecule has 2 aromatic rings. The Labute approximate surface area is 301 Å². The van der Waals surface area contributed by atoms with Crippen molar-refractivity contribution in [2.24, 2.45) is 11.8 Å². The Balaban J connectivity index is 1.18. The number of benzene rings is 2. The molecule has 0 unspecified atom stereocenters. The quantitative estimate of drug-likeness (QED) is 0.386. The molecule has 0 radical (unpaired) electrons. The van der Waals surface area contributed by atoms with Gasteiger partial charge in [0.2, 0.25) is 10.0 Å². The van der Waals surface area contributed by atoms with Crippen LogP contribution < -0.4 is 4.90 Å². The molecule has 2 saturated heterocycles. The summed E-state index contributed by atoms with van der Waals surface area (Å²) in [5.41, 5.74) is 4.74. The van der Waals surface area contributed by atoms with Crippen LogP contribution in [0.2, 0.25) is 0 Å². The van der Waals surface area contributed by atoms with E-state index in [-0.39, 0.29) is 23.9 Å². The maximum Gasteiger partial charge on any atom is 0.282 e. The molecule has 1 atom stereocenters. The molecule has 0 N–H and O–H groups in total. The van der Waals surface area contributed by atoms with Crippen LogP contribution >= 0.6 is 0 Å². The first kappa shape index (κ1) is 37.3. The van der Waals surface area contributed by atoms with E-state index in [0.29, 0.717) is 45.2 Å². The molecule has 6 rings (SSSR count). The van der Waals surface area contributed by atoms with E-state index in [1.807, 2.05) is 38.1 Å². The first-order valence-electron chi connectivity index (χ1n) is 18.8. The second-order valence-electron chi connectivity index (χ2n) is 15.1. The molecule has 3 fully saturated rings. The van der Waals surface area contributed by atoms with Crippen molar-refractivity contribution in [2.75, 3.05) is 91.0 Å². The molecule has 0 aromatic heterocycles. The van der Waals surface area contributed by atoms with Gasteiger partial charge in [-0.3, -0.25) is 0 Å². The number of fused-ring (bicyclic) bond motifs is 1. The molecule has 0 bridgehead atoms. The molecular formula is C38H58N6O4S2. The molecule has 0 amide bonds. The van der Waals surface area contributed by atoms with Gasteiger partial charge in [0.25, 0.3) is 10.2 Å². The fourth-order valence-corrected chi connectivity index (χ4v) is 11.6. The second-order valence-corrected chi connectivity index (χ2v) is 18.9. The highest BCUT2D eigenvalue weighted by Gasteiger charge is 2.36.